The van der Waals surface area contributed by atoms with E-state index in [0.29, 0.717) is 18.5 Å². The number of hydrogen-bond acceptors (Lipinski definition) is 4. The molecule has 0 radical (unpaired) electrons. The Hall–Kier alpha value is -1.69. The topological polar surface area (TPSA) is 59.8 Å². The molecule has 0 atom stereocenters. The molecule has 1 aliphatic carbocycles. The number of hydrogen-bond donors (Lipinski definition) is 1. The second-order valence-corrected chi connectivity index (χ2v) is 7.17. The summed E-state index contributed by atoms with van der Waals surface area (Å²) in [5.74, 6) is 0.0867. The lowest BCUT2D eigenvalue weighted by molar-refractivity contribution is -0.121. The monoisotopic (exact) mass is 318 g/mol. The fourth-order valence-corrected chi connectivity index (χ4v) is 3.66. The molecule has 0 aliphatic heterocycles. The van der Waals surface area contributed by atoms with Crippen molar-refractivity contribution in [3.05, 3.63) is 34.0 Å². The van der Waals surface area contributed by atoms with Gasteiger partial charge in [0, 0.05) is 17.6 Å². The molecule has 6 heteroatoms. The summed E-state index contributed by atoms with van der Waals surface area (Å²) in [4.78, 5) is 16.4. The van der Waals surface area contributed by atoms with E-state index in [1.54, 1.807) is 11.3 Å². The van der Waals surface area contributed by atoms with Crippen molar-refractivity contribution in [2.24, 2.45) is 0 Å². The average molecular weight is 318 g/mol. The highest BCUT2D eigenvalue weighted by Gasteiger charge is 2.24. The number of nitrogens with one attached hydrogen (secondary N) is 1. The van der Waals surface area contributed by atoms with Gasteiger partial charge >= 0.3 is 0 Å². The molecule has 118 valence electrons. The molecule has 1 aliphatic rings. The normalized spacial score (nSPS) is 21.7. The molecule has 1 amide bonds. The van der Waals surface area contributed by atoms with Crippen LogP contribution in [0.25, 0.3) is 0 Å². The van der Waals surface area contributed by atoms with E-state index in [-0.39, 0.29) is 5.91 Å². The van der Waals surface area contributed by atoms with Crippen molar-refractivity contribution in [3.63, 3.8) is 0 Å². The standard InChI is InChI=1S/C16H22N4OS/c1-11-8-17-20(9-11)15-5-3-13(4-6-15)19-16(21)7-14-10-22-12(2)18-14/h8-10,13,15H,3-7H2,1-2H3,(H,19,21). The lowest BCUT2D eigenvalue weighted by atomic mass is 9.91. The zero-order valence-corrected chi connectivity index (χ0v) is 13.9. The van der Waals surface area contributed by atoms with Crippen LogP contribution in [0, 0.1) is 13.8 Å². The van der Waals surface area contributed by atoms with Crippen LogP contribution >= 0.6 is 11.3 Å². The Morgan fingerprint density at radius 2 is 2.14 bits per heavy atom. The minimum absolute atomic E-state index is 0.0867. The quantitative estimate of drug-likeness (QED) is 0.943. The van der Waals surface area contributed by atoms with Crippen molar-refractivity contribution in [1.82, 2.24) is 20.1 Å². The molecule has 0 unspecified atom stereocenters. The number of nitrogens with zero attached hydrogens (tertiary/aromatic N) is 3. The minimum Gasteiger partial charge on any atom is -0.353 e. The zero-order valence-electron chi connectivity index (χ0n) is 13.1. The molecule has 0 bridgehead atoms. The van der Waals surface area contributed by atoms with E-state index in [2.05, 4.69) is 33.2 Å². The number of aromatic nitrogens is 3. The Labute approximate surface area is 134 Å². The summed E-state index contributed by atoms with van der Waals surface area (Å²) in [7, 11) is 0. The van der Waals surface area contributed by atoms with E-state index in [0.717, 1.165) is 36.4 Å². The van der Waals surface area contributed by atoms with Crippen LogP contribution < -0.4 is 5.32 Å². The van der Waals surface area contributed by atoms with E-state index >= 15 is 0 Å². The van der Waals surface area contributed by atoms with Crippen molar-refractivity contribution < 1.29 is 4.79 Å². The number of carbonyl (C=O) groups is 1. The fourth-order valence-electron chi connectivity index (χ4n) is 3.05. The van der Waals surface area contributed by atoms with Gasteiger partial charge in [-0.25, -0.2) is 4.98 Å². The highest BCUT2D eigenvalue weighted by molar-refractivity contribution is 7.09. The predicted octanol–water partition coefficient (Wildman–Crippen LogP) is 2.80. The molecule has 0 aromatic carbocycles. The summed E-state index contributed by atoms with van der Waals surface area (Å²) < 4.78 is 2.07. The van der Waals surface area contributed by atoms with E-state index in [4.69, 9.17) is 0 Å². The number of carbonyl (C=O) groups excluding carboxylic acids is 1. The molecule has 22 heavy (non-hydrogen) atoms. The molecule has 2 aromatic heterocycles. The van der Waals surface area contributed by atoms with Gasteiger partial charge in [-0.05, 0) is 45.1 Å². The SMILES string of the molecule is Cc1cnn(C2CCC(NC(=O)Cc3csc(C)n3)CC2)c1. The minimum atomic E-state index is 0.0867. The van der Waals surface area contributed by atoms with Gasteiger partial charge in [0.05, 0.1) is 29.4 Å². The molecule has 3 rings (SSSR count). The van der Waals surface area contributed by atoms with E-state index in [1.165, 1.54) is 5.56 Å². The summed E-state index contributed by atoms with van der Waals surface area (Å²) >= 11 is 1.59. The average Bonchev–Trinajstić information content (AvgIpc) is 3.08. The third-order valence-corrected chi connectivity index (χ3v) is 5.00. The highest BCUT2D eigenvalue weighted by atomic mass is 32.1. The van der Waals surface area contributed by atoms with Crippen molar-refractivity contribution in [2.75, 3.05) is 0 Å². The first-order valence-corrected chi connectivity index (χ1v) is 8.69. The first kappa shape index (κ1) is 15.2. The first-order chi connectivity index (χ1) is 10.6. The molecular weight excluding hydrogens is 296 g/mol. The van der Waals surface area contributed by atoms with Crippen LogP contribution in [0.4, 0.5) is 0 Å². The van der Waals surface area contributed by atoms with Gasteiger partial charge in [0.15, 0.2) is 0 Å². The maximum absolute atomic E-state index is 12.1. The smallest absolute Gasteiger partial charge is 0.226 e. The van der Waals surface area contributed by atoms with Gasteiger partial charge in [0.1, 0.15) is 0 Å². The van der Waals surface area contributed by atoms with E-state index < -0.39 is 0 Å². The second-order valence-electron chi connectivity index (χ2n) is 6.11. The molecule has 2 heterocycles. The van der Waals surface area contributed by atoms with Crippen LogP contribution in [0.15, 0.2) is 17.8 Å². The van der Waals surface area contributed by atoms with Gasteiger partial charge in [0.2, 0.25) is 5.91 Å². The van der Waals surface area contributed by atoms with Crippen molar-refractivity contribution in [2.45, 2.75) is 58.0 Å². The molecular formula is C16H22N4OS. The fraction of sp³-hybridized carbons (Fsp3) is 0.562. The Balaban J connectivity index is 1.46. The lowest BCUT2D eigenvalue weighted by Crippen LogP contribution is -2.38. The van der Waals surface area contributed by atoms with Crippen LogP contribution in [0.1, 0.15) is 48.0 Å². The zero-order chi connectivity index (χ0) is 15.5. The molecule has 2 aromatic rings. The van der Waals surface area contributed by atoms with Crippen LogP contribution in [-0.4, -0.2) is 26.7 Å². The summed E-state index contributed by atoms with van der Waals surface area (Å²) in [6.07, 6.45) is 8.58. The number of thiazole rings is 1. The predicted molar refractivity (Wildman–Crippen MR) is 87.0 cm³/mol. The Bertz CT molecular complexity index is 640. The van der Waals surface area contributed by atoms with Crippen molar-refractivity contribution in [3.8, 4) is 0 Å². The molecule has 5 nitrogen and oxygen atoms in total. The Morgan fingerprint density at radius 1 is 1.36 bits per heavy atom. The summed E-state index contributed by atoms with van der Waals surface area (Å²) in [6, 6.07) is 0.767. The summed E-state index contributed by atoms with van der Waals surface area (Å²) in [5, 5.41) is 10.5. The van der Waals surface area contributed by atoms with E-state index in [9.17, 15) is 4.79 Å². The van der Waals surface area contributed by atoms with Gasteiger partial charge in [-0.1, -0.05) is 0 Å². The molecule has 0 saturated heterocycles. The van der Waals surface area contributed by atoms with Gasteiger partial charge in [-0.15, -0.1) is 11.3 Å². The maximum Gasteiger partial charge on any atom is 0.226 e. The van der Waals surface area contributed by atoms with Crippen LogP contribution in [0.2, 0.25) is 0 Å². The first-order valence-electron chi connectivity index (χ1n) is 7.81. The van der Waals surface area contributed by atoms with E-state index in [1.807, 2.05) is 18.5 Å². The van der Waals surface area contributed by atoms with Crippen molar-refractivity contribution in [1.29, 1.82) is 0 Å². The van der Waals surface area contributed by atoms with Gasteiger partial charge in [-0.3, -0.25) is 9.48 Å². The number of rotatable bonds is 4. The van der Waals surface area contributed by atoms with Gasteiger partial charge in [-0.2, -0.15) is 5.10 Å². The Morgan fingerprint density at radius 3 is 2.73 bits per heavy atom. The van der Waals surface area contributed by atoms with Crippen LogP contribution in [-0.2, 0) is 11.2 Å². The van der Waals surface area contributed by atoms with Gasteiger partial charge < -0.3 is 5.32 Å². The van der Waals surface area contributed by atoms with Crippen molar-refractivity contribution >= 4 is 17.2 Å². The Kier molecular flexibility index (Phi) is 4.57. The van der Waals surface area contributed by atoms with Crippen LogP contribution in [0.3, 0.4) is 0 Å². The lowest BCUT2D eigenvalue weighted by Gasteiger charge is -2.29. The number of amides is 1. The highest BCUT2D eigenvalue weighted by Crippen LogP contribution is 2.28. The molecule has 1 N–H and O–H groups in total. The summed E-state index contributed by atoms with van der Waals surface area (Å²) in [6.45, 7) is 4.03. The molecule has 1 saturated carbocycles. The number of aryl methyl sites for hydroxylation is 2. The largest absolute Gasteiger partial charge is 0.353 e. The second kappa shape index (κ2) is 6.60. The third kappa shape index (κ3) is 3.74. The molecule has 1 fully saturated rings. The summed E-state index contributed by atoms with van der Waals surface area (Å²) in [5.41, 5.74) is 2.08. The van der Waals surface area contributed by atoms with Gasteiger partial charge in [0.25, 0.3) is 0 Å². The third-order valence-electron chi connectivity index (χ3n) is 4.17. The molecule has 0 spiro atoms. The van der Waals surface area contributed by atoms with Crippen LogP contribution in [0.5, 0.6) is 0 Å². The maximum atomic E-state index is 12.1.